The summed E-state index contributed by atoms with van der Waals surface area (Å²) in [7, 11) is 3.34. The first kappa shape index (κ1) is 20.5. The van der Waals surface area contributed by atoms with Crippen molar-refractivity contribution in [2.45, 2.75) is 45.7 Å². The molecule has 7 nitrogen and oxygen atoms in total. The SMILES string of the molecule is CCC(CC)c1cc(CNC(=NC)NCc2ccc(C(=O)NC)cc2)on1. The van der Waals surface area contributed by atoms with E-state index in [0.29, 0.717) is 30.5 Å². The molecule has 1 aromatic heterocycles. The number of carbonyl (C=O) groups is 1. The normalized spacial score (nSPS) is 11.5. The fraction of sp³-hybridized carbons (Fsp3) is 0.450. The largest absolute Gasteiger partial charge is 0.359 e. The minimum atomic E-state index is -0.0909. The maximum atomic E-state index is 11.6. The van der Waals surface area contributed by atoms with Crippen LogP contribution in [0.1, 0.15) is 60.0 Å². The van der Waals surface area contributed by atoms with Crippen molar-refractivity contribution in [3.8, 4) is 0 Å². The molecule has 27 heavy (non-hydrogen) atoms. The van der Waals surface area contributed by atoms with Gasteiger partial charge >= 0.3 is 0 Å². The van der Waals surface area contributed by atoms with Crippen LogP contribution in [0.4, 0.5) is 0 Å². The van der Waals surface area contributed by atoms with Gasteiger partial charge in [0.05, 0.1) is 12.2 Å². The fourth-order valence-corrected chi connectivity index (χ4v) is 2.81. The number of nitrogens with one attached hydrogen (secondary N) is 3. The minimum absolute atomic E-state index is 0.0909. The monoisotopic (exact) mass is 371 g/mol. The van der Waals surface area contributed by atoms with Crippen LogP contribution in [-0.2, 0) is 13.1 Å². The van der Waals surface area contributed by atoms with Crippen LogP contribution < -0.4 is 16.0 Å². The molecule has 0 saturated carbocycles. The lowest BCUT2D eigenvalue weighted by molar-refractivity contribution is 0.0963. The Balaban J connectivity index is 1.85. The van der Waals surface area contributed by atoms with Crippen molar-refractivity contribution < 1.29 is 9.32 Å². The number of guanidine groups is 1. The molecule has 1 heterocycles. The van der Waals surface area contributed by atoms with Gasteiger partial charge in [-0.2, -0.15) is 0 Å². The lowest BCUT2D eigenvalue weighted by Gasteiger charge is -2.11. The molecule has 0 fully saturated rings. The summed E-state index contributed by atoms with van der Waals surface area (Å²) in [6, 6.07) is 9.46. The third-order valence-electron chi connectivity index (χ3n) is 4.54. The summed E-state index contributed by atoms with van der Waals surface area (Å²) < 4.78 is 5.42. The highest BCUT2D eigenvalue weighted by Gasteiger charge is 2.13. The van der Waals surface area contributed by atoms with Gasteiger partial charge in [0.25, 0.3) is 5.91 Å². The van der Waals surface area contributed by atoms with Crippen LogP contribution in [-0.4, -0.2) is 31.1 Å². The van der Waals surface area contributed by atoms with Gasteiger partial charge in [0.15, 0.2) is 11.7 Å². The van der Waals surface area contributed by atoms with Crippen molar-refractivity contribution in [2.75, 3.05) is 14.1 Å². The summed E-state index contributed by atoms with van der Waals surface area (Å²) in [5.74, 6) is 1.81. The molecule has 1 aromatic carbocycles. The van der Waals surface area contributed by atoms with Crippen LogP contribution in [0.3, 0.4) is 0 Å². The Hall–Kier alpha value is -2.83. The van der Waals surface area contributed by atoms with E-state index in [-0.39, 0.29) is 5.91 Å². The van der Waals surface area contributed by atoms with E-state index in [0.717, 1.165) is 29.9 Å². The van der Waals surface area contributed by atoms with Crippen molar-refractivity contribution >= 4 is 11.9 Å². The minimum Gasteiger partial charge on any atom is -0.359 e. The Morgan fingerprint density at radius 3 is 2.41 bits per heavy atom. The molecule has 0 aliphatic rings. The summed E-state index contributed by atoms with van der Waals surface area (Å²) in [4.78, 5) is 15.8. The molecular weight excluding hydrogens is 342 g/mol. The summed E-state index contributed by atoms with van der Waals surface area (Å²) in [6.07, 6.45) is 2.11. The van der Waals surface area contributed by atoms with Crippen LogP contribution in [0.5, 0.6) is 0 Å². The second-order valence-electron chi connectivity index (χ2n) is 6.29. The molecule has 1 amide bonds. The third kappa shape index (κ3) is 5.84. The predicted octanol–water partition coefficient (Wildman–Crippen LogP) is 2.80. The van der Waals surface area contributed by atoms with Crippen LogP contribution in [0.25, 0.3) is 0 Å². The van der Waals surface area contributed by atoms with E-state index >= 15 is 0 Å². The van der Waals surface area contributed by atoms with Gasteiger partial charge in [-0.05, 0) is 30.5 Å². The number of amides is 1. The Kier molecular flexibility index (Phi) is 7.85. The first-order valence-corrected chi connectivity index (χ1v) is 9.32. The topological polar surface area (TPSA) is 91.5 Å². The van der Waals surface area contributed by atoms with E-state index in [1.807, 2.05) is 18.2 Å². The molecule has 2 rings (SSSR count). The van der Waals surface area contributed by atoms with Crippen molar-refractivity contribution in [3.05, 3.63) is 52.9 Å². The summed E-state index contributed by atoms with van der Waals surface area (Å²) in [5.41, 5.74) is 2.71. The summed E-state index contributed by atoms with van der Waals surface area (Å²) in [6.45, 7) is 5.44. The maximum absolute atomic E-state index is 11.6. The lowest BCUT2D eigenvalue weighted by Crippen LogP contribution is -2.36. The zero-order valence-corrected chi connectivity index (χ0v) is 16.5. The second-order valence-corrected chi connectivity index (χ2v) is 6.29. The van der Waals surface area contributed by atoms with Gasteiger partial charge in [-0.25, -0.2) is 0 Å². The molecule has 0 spiro atoms. The second kappa shape index (κ2) is 10.4. The van der Waals surface area contributed by atoms with E-state index in [1.54, 1.807) is 26.2 Å². The van der Waals surface area contributed by atoms with Crippen LogP contribution in [0.2, 0.25) is 0 Å². The van der Waals surface area contributed by atoms with Crippen LogP contribution in [0, 0.1) is 0 Å². The van der Waals surface area contributed by atoms with Crippen molar-refractivity contribution in [3.63, 3.8) is 0 Å². The number of benzene rings is 1. The van der Waals surface area contributed by atoms with Crippen molar-refractivity contribution in [1.29, 1.82) is 0 Å². The Morgan fingerprint density at radius 2 is 1.81 bits per heavy atom. The van der Waals surface area contributed by atoms with E-state index in [1.165, 1.54) is 0 Å². The number of aromatic nitrogens is 1. The van der Waals surface area contributed by atoms with E-state index in [9.17, 15) is 4.79 Å². The number of hydrogen-bond donors (Lipinski definition) is 3. The maximum Gasteiger partial charge on any atom is 0.251 e. The smallest absolute Gasteiger partial charge is 0.251 e. The van der Waals surface area contributed by atoms with Gasteiger partial charge in [-0.1, -0.05) is 31.1 Å². The van der Waals surface area contributed by atoms with Crippen LogP contribution in [0.15, 0.2) is 39.8 Å². The molecule has 7 heteroatoms. The molecule has 3 N–H and O–H groups in total. The van der Waals surface area contributed by atoms with Gasteiger partial charge in [0.2, 0.25) is 0 Å². The Bertz CT molecular complexity index is 748. The standard InChI is InChI=1S/C20H29N5O2/c1-5-15(6-2)18-11-17(27-25-18)13-24-20(22-4)23-12-14-7-9-16(10-8-14)19(26)21-3/h7-11,15H,5-6,12-13H2,1-4H3,(H,21,26)(H2,22,23,24). The molecular formula is C20H29N5O2. The third-order valence-corrected chi connectivity index (χ3v) is 4.54. The van der Waals surface area contributed by atoms with E-state index < -0.39 is 0 Å². The first-order valence-electron chi connectivity index (χ1n) is 9.32. The summed E-state index contributed by atoms with van der Waals surface area (Å²) >= 11 is 0. The number of nitrogens with zero attached hydrogens (tertiary/aromatic N) is 2. The molecule has 146 valence electrons. The van der Waals surface area contributed by atoms with Gasteiger partial charge in [-0.15, -0.1) is 0 Å². The highest BCUT2D eigenvalue weighted by atomic mass is 16.5. The van der Waals surface area contributed by atoms with Gasteiger partial charge in [-0.3, -0.25) is 9.79 Å². The van der Waals surface area contributed by atoms with E-state index in [4.69, 9.17) is 4.52 Å². The molecule has 0 aliphatic carbocycles. The molecule has 0 saturated heterocycles. The van der Waals surface area contributed by atoms with Crippen molar-refractivity contribution in [2.24, 2.45) is 4.99 Å². The molecule has 0 bridgehead atoms. The fourth-order valence-electron chi connectivity index (χ4n) is 2.81. The van der Waals surface area contributed by atoms with Gasteiger partial charge < -0.3 is 20.5 Å². The number of carbonyl (C=O) groups excluding carboxylic acids is 1. The van der Waals surface area contributed by atoms with Crippen molar-refractivity contribution in [1.82, 2.24) is 21.1 Å². The average Bonchev–Trinajstić information content (AvgIpc) is 3.17. The van der Waals surface area contributed by atoms with Crippen LogP contribution >= 0.6 is 0 Å². The number of aliphatic imine (C=N–C) groups is 1. The highest BCUT2D eigenvalue weighted by Crippen LogP contribution is 2.22. The number of rotatable bonds is 8. The zero-order chi connectivity index (χ0) is 19.6. The molecule has 2 aromatic rings. The average molecular weight is 371 g/mol. The predicted molar refractivity (Wildman–Crippen MR) is 107 cm³/mol. The Morgan fingerprint density at radius 1 is 1.15 bits per heavy atom. The molecule has 0 radical (unpaired) electrons. The molecule has 0 aliphatic heterocycles. The zero-order valence-electron chi connectivity index (χ0n) is 16.5. The van der Waals surface area contributed by atoms with Gasteiger partial charge in [0.1, 0.15) is 0 Å². The van der Waals surface area contributed by atoms with Gasteiger partial charge in [0, 0.05) is 38.2 Å². The number of hydrogen-bond acceptors (Lipinski definition) is 4. The molecule has 0 unspecified atom stereocenters. The molecule has 0 atom stereocenters. The first-order chi connectivity index (χ1) is 13.1. The quantitative estimate of drug-likeness (QED) is 0.490. The van der Waals surface area contributed by atoms with E-state index in [2.05, 4.69) is 39.9 Å². The summed E-state index contributed by atoms with van der Waals surface area (Å²) in [5, 5.41) is 13.3. The highest BCUT2D eigenvalue weighted by molar-refractivity contribution is 5.93. The lowest BCUT2D eigenvalue weighted by atomic mass is 9.99. The Labute approximate surface area is 160 Å².